The first-order valence-corrected chi connectivity index (χ1v) is 5.44. The predicted molar refractivity (Wildman–Crippen MR) is 63.9 cm³/mol. The Morgan fingerprint density at radius 1 is 1.41 bits per heavy atom. The van der Waals surface area contributed by atoms with Crippen LogP contribution in [-0.4, -0.2) is 15.6 Å². The van der Waals surface area contributed by atoms with Crippen molar-refractivity contribution in [1.29, 1.82) is 0 Å². The number of carbonyl (C=O) groups is 1. The van der Waals surface area contributed by atoms with E-state index in [-0.39, 0.29) is 17.4 Å². The van der Waals surface area contributed by atoms with Crippen molar-refractivity contribution < 1.29 is 14.3 Å². The van der Waals surface area contributed by atoms with Crippen LogP contribution in [-0.2, 0) is 7.05 Å². The highest BCUT2D eigenvalue weighted by molar-refractivity contribution is 5.98. The van der Waals surface area contributed by atoms with E-state index >= 15 is 0 Å². The van der Waals surface area contributed by atoms with Crippen LogP contribution in [0.4, 0.5) is 4.39 Å². The van der Waals surface area contributed by atoms with Gasteiger partial charge in [0.05, 0.1) is 0 Å². The molecule has 1 aromatic carbocycles. The summed E-state index contributed by atoms with van der Waals surface area (Å²) >= 11 is 0. The van der Waals surface area contributed by atoms with E-state index < -0.39 is 5.97 Å². The number of aromatic carboxylic acids is 1. The third-order valence-corrected chi connectivity index (χ3v) is 2.98. The van der Waals surface area contributed by atoms with Gasteiger partial charge in [-0.3, -0.25) is 0 Å². The molecule has 0 spiro atoms. The van der Waals surface area contributed by atoms with Crippen molar-refractivity contribution in [2.24, 2.45) is 7.05 Å². The number of hydrogen-bond acceptors (Lipinski definition) is 1. The van der Waals surface area contributed by atoms with Crippen molar-refractivity contribution in [3.63, 3.8) is 0 Å². The molecular formula is C13H14FNO2. The van der Waals surface area contributed by atoms with Crippen LogP contribution in [0, 0.1) is 5.82 Å². The first-order chi connectivity index (χ1) is 7.93. The molecule has 2 aromatic rings. The number of rotatable bonds is 2. The Balaban J connectivity index is 2.93. The van der Waals surface area contributed by atoms with Crippen molar-refractivity contribution in [2.45, 2.75) is 19.8 Å². The molecule has 1 N–H and O–H groups in total. The Kier molecular flexibility index (Phi) is 2.65. The first kappa shape index (κ1) is 11.6. The van der Waals surface area contributed by atoms with Crippen molar-refractivity contribution >= 4 is 16.9 Å². The molecule has 90 valence electrons. The molecule has 1 aromatic heterocycles. The number of nitrogens with zero attached hydrogens (tertiary/aromatic N) is 1. The molecule has 3 nitrogen and oxygen atoms in total. The highest BCUT2D eigenvalue weighted by atomic mass is 19.1. The fourth-order valence-corrected chi connectivity index (χ4v) is 2.29. The lowest BCUT2D eigenvalue weighted by Gasteiger charge is -2.06. The number of aromatic nitrogens is 1. The summed E-state index contributed by atoms with van der Waals surface area (Å²) in [6, 6.07) is 4.36. The highest BCUT2D eigenvalue weighted by Crippen LogP contribution is 2.31. The predicted octanol–water partition coefficient (Wildman–Crippen LogP) is 3.14. The second kappa shape index (κ2) is 3.87. The molecule has 0 aliphatic carbocycles. The van der Waals surface area contributed by atoms with Crippen molar-refractivity contribution in [1.82, 2.24) is 4.57 Å². The maximum absolute atomic E-state index is 13.3. The van der Waals surface area contributed by atoms with E-state index in [0.29, 0.717) is 10.9 Å². The molecule has 4 heteroatoms. The molecular weight excluding hydrogens is 221 g/mol. The van der Waals surface area contributed by atoms with Crippen LogP contribution in [0.15, 0.2) is 18.2 Å². The van der Waals surface area contributed by atoms with Gasteiger partial charge in [0.1, 0.15) is 11.5 Å². The van der Waals surface area contributed by atoms with Crippen molar-refractivity contribution in [3.8, 4) is 0 Å². The molecule has 0 unspecified atom stereocenters. The second-order valence-electron chi connectivity index (χ2n) is 4.44. The summed E-state index contributed by atoms with van der Waals surface area (Å²) in [5.41, 5.74) is 1.67. The maximum atomic E-state index is 13.3. The maximum Gasteiger partial charge on any atom is 0.352 e. The van der Waals surface area contributed by atoms with Crippen LogP contribution in [0.2, 0.25) is 0 Å². The van der Waals surface area contributed by atoms with Gasteiger partial charge in [-0.05, 0) is 29.7 Å². The molecule has 1 heterocycles. The number of halogens is 1. The Labute approximate surface area is 98.5 Å². The van der Waals surface area contributed by atoms with Crippen molar-refractivity contribution in [3.05, 3.63) is 35.3 Å². The molecule has 0 aliphatic rings. The zero-order chi connectivity index (χ0) is 12.7. The summed E-state index contributed by atoms with van der Waals surface area (Å²) in [6.45, 7) is 3.82. The van der Waals surface area contributed by atoms with E-state index in [1.165, 1.54) is 12.1 Å². The Morgan fingerprint density at radius 3 is 2.59 bits per heavy atom. The van der Waals surface area contributed by atoms with Gasteiger partial charge in [0.25, 0.3) is 0 Å². The number of carboxylic acids is 1. The zero-order valence-electron chi connectivity index (χ0n) is 9.99. The van der Waals surface area contributed by atoms with Crippen LogP contribution in [0.3, 0.4) is 0 Å². The normalized spacial score (nSPS) is 11.4. The van der Waals surface area contributed by atoms with E-state index in [9.17, 15) is 14.3 Å². The van der Waals surface area contributed by atoms with Crippen molar-refractivity contribution in [2.75, 3.05) is 0 Å². The van der Waals surface area contributed by atoms with E-state index in [0.717, 1.165) is 5.52 Å². The molecule has 0 amide bonds. The molecule has 0 saturated heterocycles. The number of aryl methyl sites for hydroxylation is 1. The largest absolute Gasteiger partial charge is 0.477 e. The second-order valence-corrected chi connectivity index (χ2v) is 4.44. The van der Waals surface area contributed by atoms with Crippen LogP contribution in [0.5, 0.6) is 0 Å². The number of benzene rings is 1. The van der Waals surface area contributed by atoms with Crippen LogP contribution in [0.25, 0.3) is 10.9 Å². The summed E-state index contributed by atoms with van der Waals surface area (Å²) in [5, 5.41) is 9.93. The monoisotopic (exact) mass is 235 g/mol. The van der Waals surface area contributed by atoms with E-state index in [1.54, 1.807) is 17.7 Å². The lowest BCUT2D eigenvalue weighted by Crippen LogP contribution is -2.08. The SMILES string of the molecule is CC(C)c1c(C(=O)O)n(C)c2ccc(F)cc12. The Morgan fingerprint density at radius 2 is 2.06 bits per heavy atom. The first-order valence-electron chi connectivity index (χ1n) is 5.44. The van der Waals surface area contributed by atoms with Gasteiger partial charge in [0, 0.05) is 18.0 Å². The quantitative estimate of drug-likeness (QED) is 0.868. The topological polar surface area (TPSA) is 42.2 Å². The van der Waals surface area contributed by atoms with Crippen LogP contribution >= 0.6 is 0 Å². The molecule has 0 bridgehead atoms. The molecule has 17 heavy (non-hydrogen) atoms. The van der Waals surface area contributed by atoms with Gasteiger partial charge < -0.3 is 9.67 Å². The summed E-state index contributed by atoms with van der Waals surface area (Å²) in [6.07, 6.45) is 0. The summed E-state index contributed by atoms with van der Waals surface area (Å²) in [5.74, 6) is -1.29. The van der Waals surface area contributed by atoms with Gasteiger partial charge in [-0.2, -0.15) is 0 Å². The summed E-state index contributed by atoms with van der Waals surface area (Å²) in [4.78, 5) is 11.3. The highest BCUT2D eigenvalue weighted by Gasteiger charge is 2.22. The van der Waals surface area contributed by atoms with Gasteiger partial charge in [-0.1, -0.05) is 13.8 Å². The average molecular weight is 235 g/mol. The van der Waals surface area contributed by atoms with Gasteiger partial charge >= 0.3 is 5.97 Å². The Hall–Kier alpha value is -1.84. The fourth-order valence-electron chi connectivity index (χ4n) is 2.29. The minimum atomic E-state index is -0.979. The molecule has 0 radical (unpaired) electrons. The van der Waals surface area contributed by atoms with Gasteiger partial charge in [-0.15, -0.1) is 0 Å². The van der Waals surface area contributed by atoms with Gasteiger partial charge in [0.2, 0.25) is 0 Å². The third kappa shape index (κ3) is 1.69. The third-order valence-electron chi connectivity index (χ3n) is 2.98. The number of hydrogen-bond donors (Lipinski definition) is 1. The summed E-state index contributed by atoms with van der Waals surface area (Å²) < 4.78 is 14.9. The standard InChI is InChI=1S/C13H14FNO2/c1-7(2)11-9-6-8(14)4-5-10(9)15(3)12(11)13(16)17/h4-7H,1-3H3,(H,16,17). The Bertz CT molecular complexity index is 599. The molecule has 0 fully saturated rings. The van der Waals surface area contributed by atoms with E-state index in [4.69, 9.17) is 0 Å². The van der Waals surface area contributed by atoms with E-state index in [1.807, 2.05) is 13.8 Å². The van der Waals surface area contributed by atoms with Crippen LogP contribution in [0.1, 0.15) is 35.8 Å². The molecule has 0 atom stereocenters. The molecule has 0 aliphatic heterocycles. The minimum absolute atomic E-state index is 0.0339. The van der Waals surface area contributed by atoms with E-state index in [2.05, 4.69) is 0 Å². The smallest absolute Gasteiger partial charge is 0.352 e. The average Bonchev–Trinajstić information content (AvgIpc) is 2.51. The minimum Gasteiger partial charge on any atom is -0.477 e. The van der Waals surface area contributed by atoms with Gasteiger partial charge in [-0.25, -0.2) is 9.18 Å². The molecule has 0 saturated carbocycles. The summed E-state index contributed by atoms with van der Waals surface area (Å²) in [7, 11) is 1.69. The molecule has 2 rings (SSSR count). The lowest BCUT2D eigenvalue weighted by molar-refractivity contribution is 0.0685. The van der Waals surface area contributed by atoms with Crippen LogP contribution < -0.4 is 0 Å². The van der Waals surface area contributed by atoms with Gasteiger partial charge in [0.15, 0.2) is 0 Å². The number of carboxylic acid groups (broad SMARTS) is 1. The number of fused-ring (bicyclic) bond motifs is 1. The lowest BCUT2D eigenvalue weighted by atomic mass is 9.99. The zero-order valence-corrected chi connectivity index (χ0v) is 9.99. The fraction of sp³-hybridized carbons (Fsp3) is 0.308.